The average Bonchev–Trinajstić information content (AvgIpc) is 2.75. The largest absolute Gasteiger partial charge is 0.497 e. The zero-order chi connectivity index (χ0) is 21.9. The van der Waals surface area contributed by atoms with Crippen LogP contribution in [-0.4, -0.2) is 58.2 Å². The number of methoxy groups -OCH3 is 1. The number of nitrogens with one attached hydrogen (secondary N) is 2. The van der Waals surface area contributed by atoms with E-state index in [-0.39, 0.29) is 12.5 Å². The van der Waals surface area contributed by atoms with Crippen LogP contribution in [0, 0.1) is 0 Å². The predicted molar refractivity (Wildman–Crippen MR) is 121 cm³/mol. The zero-order valence-electron chi connectivity index (χ0n) is 17.9. The van der Waals surface area contributed by atoms with E-state index in [4.69, 9.17) is 21.1 Å². The SMILES string of the molecule is CN=C(NCCc1ccc(OC)cc1Cl)NCc1cccc(OCC(=O)N(C)C)c1. The number of nitrogens with zero attached hydrogens (tertiary/aromatic N) is 2. The molecule has 2 N–H and O–H groups in total. The molecule has 1 amide bonds. The summed E-state index contributed by atoms with van der Waals surface area (Å²) in [6, 6.07) is 13.3. The van der Waals surface area contributed by atoms with Gasteiger partial charge < -0.3 is 25.0 Å². The molecule has 2 aromatic rings. The number of carbonyl (C=O) groups is 1. The molecule has 8 heteroatoms. The molecule has 0 aromatic heterocycles. The van der Waals surface area contributed by atoms with Crippen molar-refractivity contribution in [2.24, 2.45) is 4.99 Å². The highest BCUT2D eigenvalue weighted by molar-refractivity contribution is 6.31. The molecule has 162 valence electrons. The summed E-state index contributed by atoms with van der Waals surface area (Å²) < 4.78 is 10.7. The van der Waals surface area contributed by atoms with Gasteiger partial charge in [-0.3, -0.25) is 9.79 Å². The Morgan fingerprint density at radius 2 is 1.93 bits per heavy atom. The van der Waals surface area contributed by atoms with E-state index in [1.165, 1.54) is 4.90 Å². The monoisotopic (exact) mass is 432 g/mol. The van der Waals surface area contributed by atoms with Crippen LogP contribution in [0.5, 0.6) is 11.5 Å². The number of benzene rings is 2. The van der Waals surface area contributed by atoms with Crippen LogP contribution in [0.3, 0.4) is 0 Å². The van der Waals surface area contributed by atoms with Gasteiger partial charge in [0, 0.05) is 39.3 Å². The quantitative estimate of drug-likeness (QED) is 0.470. The van der Waals surface area contributed by atoms with E-state index in [1.807, 2.05) is 42.5 Å². The highest BCUT2D eigenvalue weighted by atomic mass is 35.5. The number of halogens is 1. The molecule has 0 saturated heterocycles. The molecule has 7 nitrogen and oxygen atoms in total. The summed E-state index contributed by atoms with van der Waals surface area (Å²) in [6.45, 7) is 1.27. The maximum Gasteiger partial charge on any atom is 0.259 e. The van der Waals surface area contributed by atoms with Crippen LogP contribution in [0.1, 0.15) is 11.1 Å². The Kier molecular flexibility index (Phi) is 9.28. The van der Waals surface area contributed by atoms with Gasteiger partial charge in [0.25, 0.3) is 5.91 Å². The van der Waals surface area contributed by atoms with Crippen LogP contribution in [0.4, 0.5) is 0 Å². The summed E-state index contributed by atoms with van der Waals surface area (Å²) in [7, 11) is 6.75. The third-order valence-electron chi connectivity index (χ3n) is 4.39. The second-order valence-electron chi connectivity index (χ2n) is 6.78. The number of hydrogen-bond acceptors (Lipinski definition) is 4. The Hall–Kier alpha value is -2.93. The normalized spacial score (nSPS) is 11.0. The fourth-order valence-corrected chi connectivity index (χ4v) is 2.86. The molecule has 0 bridgehead atoms. The topological polar surface area (TPSA) is 75.2 Å². The van der Waals surface area contributed by atoms with Gasteiger partial charge in [0.15, 0.2) is 12.6 Å². The van der Waals surface area contributed by atoms with E-state index in [2.05, 4.69) is 15.6 Å². The van der Waals surface area contributed by atoms with E-state index in [9.17, 15) is 4.79 Å². The van der Waals surface area contributed by atoms with Crippen molar-refractivity contribution in [1.82, 2.24) is 15.5 Å². The molecule has 0 aliphatic carbocycles. The van der Waals surface area contributed by atoms with Crippen molar-refractivity contribution in [3.8, 4) is 11.5 Å². The first-order valence-electron chi connectivity index (χ1n) is 9.61. The maximum atomic E-state index is 11.7. The number of guanidine groups is 1. The minimum Gasteiger partial charge on any atom is -0.497 e. The Morgan fingerprint density at radius 1 is 1.13 bits per heavy atom. The van der Waals surface area contributed by atoms with Crippen molar-refractivity contribution in [2.75, 3.05) is 41.4 Å². The van der Waals surface area contributed by atoms with Gasteiger partial charge in [-0.15, -0.1) is 0 Å². The van der Waals surface area contributed by atoms with Gasteiger partial charge >= 0.3 is 0 Å². The van der Waals surface area contributed by atoms with E-state index in [0.29, 0.717) is 29.8 Å². The van der Waals surface area contributed by atoms with Crippen LogP contribution < -0.4 is 20.1 Å². The summed E-state index contributed by atoms with van der Waals surface area (Å²) >= 11 is 6.29. The van der Waals surface area contributed by atoms with Gasteiger partial charge in [-0.25, -0.2) is 0 Å². The third-order valence-corrected chi connectivity index (χ3v) is 4.74. The number of likely N-dealkylation sites (N-methyl/N-ethyl adjacent to an activating group) is 1. The molecule has 2 aromatic carbocycles. The number of rotatable bonds is 9. The number of carbonyl (C=O) groups excluding carboxylic acids is 1. The molecular weight excluding hydrogens is 404 g/mol. The highest BCUT2D eigenvalue weighted by Gasteiger charge is 2.06. The van der Waals surface area contributed by atoms with Gasteiger partial charge in [-0.2, -0.15) is 0 Å². The average molecular weight is 433 g/mol. The first-order chi connectivity index (χ1) is 14.4. The molecule has 0 spiro atoms. The van der Waals surface area contributed by atoms with Crippen molar-refractivity contribution in [2.45, 2.75) is 13.0 Å². The lowest BCUT2D eigenvalue weighted by atomic mass is 10.1. The highest BCUT2D eigenvalue weighted by Crippen LogP contribution is 2.22. The van der Waals surface area contributed by atoms with Crippen molar-refractivity contribution in [3.05, 3.63) is 58.6 Å². The molecule has 0 atom stereocenters. The third kappa shape index (κ3) is 7.48. The Bertz CT molecular complexity index is 871. The Balaban J connectivity index is 1.81. The molecular formula is C22H29ClN4O3. The molecule has 30 heavy (non-hydrogen) atoms. The maximum absolute atomic E-state index is 11.7. The number of hydrogen-bond donors (Lipinski definition) is 2. The molecule has 0 unspecified atom stereocenters. The van der Waals surface area contributed by atoms with Crippen LogP contribution in [-0.2, 0) is 17.8 Å². The predicted octanol–water partition coefficient (Wildman–Crippen LogP) is 2.72. The Morgan fingerprint density at radius 3 is 2.60 bits per heavy atom. The first-order valence-corrected chi connectivity index (χ1v) is 9.99. The van der Waals surface area contributed by atoms with Crippen LogP contribution in [0.15, 0.2) is 47.5 Å². The van der Waals surface area contributed by atoms with Crippen molar-refractivity contribution in [1.29, 1.82) is 0 Å². The number of amides is 1. The smallest absolute Gasteiger partial charge is 0.259 e. The van der Waals surface area contributed by atoms with Gasteiger partial charge in [-0.05, 0) is 41.8 Å². The molecule has 0 fully saturated rings. The minimum atomic E-state index is -0.0832. The minimum absolute atomic E-state index is 0.0149. The van der Waals surface area contributed by atoms with Gasteiger partial charge in [0.05, 0.1) is 7.11 Å². The summed E-state index contributed by atoms with van der Waals surface area (Å²) in [5.74, 6) is 2.00. The van der Waals surface area contributed by atoms with Gasteiger partial charge in [0.2, 0.25) is 0 Å². The standard InChI is InChI=1S/C22H29ClN4O3/c1-24-22(25-11-10-17-8-9-18(29-4)13-20(17)23)26-14-16-6-5-7-19(12-16)30-15-21(28)27(2)3/h5-9,12-13H,10-11,14-15H2,1-4H3,(H2,24,25,26). The second-order valence-corrected chi connectivity index (χ2v) is 7.19. The molecule has 0 aliphatic rings. The van der Waals surface area contributed by atoms with E-state index >= 15 is 0 Å². The molecule has 0 saturated carbocycles. The second kappa shape index (κ2) is 11.9. The molecule has 0 aliphatic heterocycles. The van der Waals surface area contributed by atoms with Gasteiger partial charge in [-0.1, -0.05) is 29.8 Å². The first kappa shape index (κ1) is 23.3. The fourth-order valence-electron chi connectivity index (χ4n) is 2.60. The lowest BCUT2D eigenvalue weighted by molar-refractivity contribution is -0.130. The zero-order valence-corrected chi connectivity index (χ0v) is 18.6. The lowest BCUT2D eigenvalue weighted by Gasteiger charge is -2.14. The van der Waals surface area contributed by atoms with E-state index in [1.54, 1.807) is 28.3 Å². The molecule has 0 heterocycles. The van der Waals surface area contributed by atoms with Gasteiger partial charge in [0.1, 0.15) is 11.5 Å². The van der Waals surface area contributed by atoms with E-state index < -0.39 is 0 Å². The summed E-state index contributed by atoms with van der Waals surface area (Å²) in [5, 5.41) is 7.23. The summed E-state index contributed by atoms with van der Waals surface area (Å²) in [5.41, 5.74) is 2.06. The van der Waals surface area contributed by atoms with Crippen LogP contribution >= 0.6 is 11.6 Å². The lowest BCUT2D eigenvalue weighted by Crippen LogP contribution is -2.37. The van der Waals surface area contributed by atoms with Crippen molar-refractivity contribution in [3.63, 3.8) is 0 Å². The van der Waals surface area contributed by atoms with Crippen LogP contribution in [0.25, 0.3) is 0 Å². The molecule has 2 rings (SSSR count). The van der Waals surface area contributed by atoms with Crippen LogP contribution in [0.2, 0.25) is 5.02 Å². The number of ether oxygens (including phenoxy) is 2. The fraction of sp³-hybridized carbons (Fsp3) is 0.364. The Labute approximate surface area is 183 Å². The molecule has 0 radical (unpaired) electrons. The van der Waals surface area contributed by atoms with Crippen molar-refractivity contribution >= 4 is 23.5 Å². The summed E-state index contributed by atoms with van der Waals surface area (Å²) in [4.78, 5) is 17.4. The van der Waals surface area contributed by atoms with Crippen molar-refractivity contribution < 1.29 is 14.3 Å². The number of aliphatic imine (C=N–C) groups is 1. The van der Waals surface area contributed by atoms with E-state index in [0.717, 1.165) is 23.3 Å². The summed E-state index contributed by atoms with van der Waals surface area (Å²) in [6.07, 6.45) is 0.757.